The van der Waals surface area contributed by atoms with Gasteiger partial charge in [-0.15, -0.1) is 0 Å². The largest absolute Gasteiger partial charge is 0.497 e. The smallest absolute Gasteiger partial charge is 0.207 e. The summed E-state index contributed by atoms with van der Waals surface area (Å²) in [6, 6.07) is 8.58. The second kappa shape index (κ2) is 5.01. The number of nitrogens with one attached hydrogen (secondary N) is 1. The number of methoxy groups -OCH3 is 1. The summed E-state index contributed by atoms with van der Waals surface area (Å²) in [6.45, 7) is 0. The van der Waals surface area contributed by atoms with Crippen LogP contribution < -0.4 is 10.1 Å². The van der Waals surface area contributed by atoms with E-state index in [1.54, 1.807) is 7.11 Å². The van der Waals surface area contributed by atoms with Crippen LogP contribution in [0.2, 0.25) is 0 Å². The first-order chi connectivity index (χ1) is 7.83. The van der Waals surface area contributed by atoms with E-state index in [2.05, 4.69) is 17.4 Å². The van der Waals surface area contributed by atoms with Gasteiger partial charge in [0.2, 0.25) is 6.41 Å². The second-order valence-electron chi connectivity index (χ2n) is 4.26. The van der Waals surface area contributed by atoms with Gasteiger partial charge in [0.05, 0.1) is 7.11 Å². The number of amides is 1. The van der Waals surface area contributed by atoms with Gasteiger partial charge in [0, 0.05) is 6.04 Å². The molecule has 1 amide bonds. The van der Waals surface area contributed by atoms with Crippen LogP contribution in [0.25, 0.3) is 0 Å². The fourth-order valence-corrected chi connectivity index (χ4v) is 2.41. The van der Waals surface area contributed by atoms with Gasteiger partial charge in [0.25, 0.3) is 0 Å². The first-order valence-corrected chi connectivity index (χ1v) is 5.67. The number of hydrogen-bond acceptors (Lipinski definition) is 2. The molecule has 3 heteroatoms. The minimum absolute atomic E-state index is 0.351. The molecule has 0 bridgehead atoms. The molecule has 0 heterocycles. The summed E-state index contributed by atoms with van der Waals surface area (Å²) >= 11 is 0. The minimum atomic E-state index is 0.351. The highest BCUT2D eigenvalue weighted by Crippen LogP contribution is 2.34. The van der Waals surface area contributed by atoms with E-state index < -0.39 is 0 Å². The Bertz CT molecular complexity index is 347. The molecular formula is C13H17NO2. The zero-order valence-corrected chi connectivity index (χ0v) is 9.48. The van der Waals surface area contributed by atoms with Crippen LogP contribution in [0.4, 0.5) is 0 Å². The van der Waals surface area contributed by atoms with Crippen LogP contribution in [0.1, 0.15) is 30.7 Å². The van der Waals surface area contributed by atoms with E-state index in [-0.39, 0.29) is 0 Å². The number of carbonyl (C=O) groups excluding carboxylic acids is 1. The first kappa shape index (κ1) is 11.0. The summed E-state index contributed by atoms with van der Waals surface area (Å²) in [7, 11) is 1.68. The van der Waals surface area contributed by atoms with Crippen molar-refractivity contribution in [2.45, 2.75) is 31.2 Å². The maximum atomic E-state index is 10.4. The van der Waals surface area contributed by atoms with Crippen molar-refractivity contribution in [2.24, 2.45) is 0 Å². The third-order valence-corrected chi connectivity index (χ3v) is 3.32. The zero-order valence-electron chi connectivity index (χ0n) is 9.48. The lowest BCUT2D eigenvalue weighted by Crippen LogP contribution is -2.24. The molecule has 3 nitrogen and oxygen atoms in total. The molecule has 0 spiro atoms. The van der Waals surface area contributed by atoms with Gasteiger partial charge < -0.3 is 10.1 Å². The van der Waals surface area contributed by atoms with Crippen LogP contribution in [0.3, 0.4) is 0 Å². The van der Waals surface area contributed by atoms with Crippen molar-refractivity contribution in [1.82, 2.24) is 5.32 Å². The maximum Gasteiger partial charge on any atom is 0.207 e. The van der Waals surface area contributed by atoms with E-state index in [1.807, 2.05) is 12.1 Å². The van der Waals surface area contributed by atoms with Gasteiger partial charge >= 0.3 is 0 Å². The molecule has 0 aromatic heterocycles. The summed E-state index contributed by atoms with van der Waals surface area (Å²) in [6.07, 6.45) is 4.08. The summed E-state index contributed by atoms with van der Waals surface area (Å²) in [4.78, 5) is 10.4. The molecule has 1 saturated carbocycles. The lowest BCUT2D eigenvalue weighted by atomic mass is 9.97. The van der Waals surface area contributed by atoms with Gasteiger partial charge in [-0.2, -0.15) is 0 Å². The average Bonchev–Trinajstić information content (AvgIpc) is 2.78. The number of ether oxygens (including phenoxy) is 1. The maximum absolute atomic E-state index is 10.4. The van der Waals surface area contributed by atoms with Gasteiger partial charge in [-0.1, -0.05) is 12.1 Å². The molecule has 16 heavy (non-hydrogen) atoms. The van der Waals surface area contributed by atoms with Crippen LogP contribution in [-0.2, 0) is 4.79 Å². The van der Waals surface area contributed by atoms with Crippen molar-refractivity contribution < 1.29 is 9.53 Å². The molecule has 2 unspecified atom stereocenters. The fourth-order valence-electron chi connectivity index (χ4n) is 2.41. The van der Waals surface area contributed by atoms with Crippen molar-refractivity contribution >= 4 is 6.41 Å². The Morgan fingerprint density at radius 3 is 2.69 bits per heavy atom. The molecule has 0 saturated heterocycles. The number of carbonyl (C=O) groups is 1. The summed E-state index contributed by atoms with van der Waals surface area (Å²) in [5.41, 5.74) is 1.34. The van der Waals surface area contributed by atoms with Crippen LogP contribution in [0.15, 0.2) is 24.3 Å². The summed E-state index contributed by atoms with van der Waals surface area (Å²) < 4.78 is 5.13. The Labute approximate surface area is 95.8 Å². The first-order valence-electron chi connectivity index (χ1n) is 5.67. The predicted octanol–water partition coefficient (Wildman–Crippen LogP) is 2.08. The number of hydrogen-bond donors (Lipinski definition) is 1. The molecular weight excluding hydrogens is 202 g/mol. The monoisotopic (exact) mass is 219 g/mol. The Hall–Kier alpha value is -1.51. The molecule has 0 radical (unpaired) electrons. The Morgan fingerprint density at radius 1 is 1.31 bits per heavy atom. The van der Waals surface area contributed by atoms with Crippen LogP contribution in [-0.4, -0.2) is 19.6 Å². The van der Waals surface area contributed by atoms with Crippen LogP contribution in [0, 0.1) is 0 Å². The van der Waals surface area contributed by atoms with Crippen molar-refractivity contribution in [3.8, 4) is 5.75 Å². The highest BCUT2D eigenvalue weighted by Gasteiger charge is 2.25. The van der Waals surface area contributed by atoms with Crippen molar-refractivity contribution in [3.05, 3.63) is 29.8 Å². The van der Waals surface area contributed by atoms with Gasteiger partial charge in [-0.25, -0.2) is 0 Å². The number of benzene rings is 1. The van der Waals surface area contributed by atoms with Crippen molar-refractivity contribution in [3.63, 3.8) is 0 Å². The van der Waals surface area contributed by atoms with E-state index in [4.69, 9.17) is 4.74 Å². The molecule has 0 aliphatic heterocycles. The van der Waals surface area contributed by atoms with E-state index in [9.17, 15) is 4.79 Å². The van der Waals surface area contributed by atoms with Crippen molar-refractivity contribution in [1.29, 1.82) is 0 Å². The van der Waals surface area contributed by atoms with E-state index in [1.165, 1.54) is 5.56 Å². The van der Waals surface area contributed by atoms with Crippen LogP contribution >= 0.6 is 0 Å². The predicted molar refractivity (Wildman–Crippen MR) is 62.6 cm³/mol. The lowest BCUT2D eigenvalue weighted by Gasteiger charge is -2.11. The fraction of sp³-hybridized carbons (Fsp3) is 0.462. The average molecular weight is 219 g/mol. The Morgan fingerprint density at radius 2 is 2.06 bits per heavy atom. The molecule has 1 N–H and O–H groups in total. The molecule has 1 aliphatic carbocycles. The summed E-state index contributed by atoms with van der Waals surface area (Å²) in [5, 5.41) is 2.86. The standard InChI is InChI=1S/C13H17NO2/c1-16-13-6-3-10(4-7-13)11-2-5-12(8-11)14-9-15/h3-4,6-7,9,11-12H,2,5,8H2,1H3,(H,14,15). The number of rotatable bonds is 4. The minimum Gasteiger partial charge on any atom is -0.497 e. The zero-order chi connectivity index (χ0) is 11.4. The molecule has 2 atom stereocenters. The molecule has 1 aliphatic rings. The third-order valence-electron chi connectivity index (χ3n) is 3.32. The third kappa shape index (κ3) is 2.35. The van der Waals surface area contributed by atoms with Gasteiger partial charge in [0.1, 0.15) is 5.75 Å². The molecule has 86 valence electrons. The van der Waals surface area contributed by atoms with E-state index in [0.29, 0.717) is 12.0 Å². The normalized spacial score (nSPS) is 24.1. The quantitative estimate of drug-likeness (QED) is 0.787. The van der Waals surface area contributed by atoms with Crippen LogP contribution in [0.5, 0.6) is 5.75 Å². The SMILES string of the molecule is COc1ccc(C2CCC(NC=O)C2)cc1. The topological polar surface area (TPSA) is 38.3 Å². The van der Waals surface area contributed by atoms with Crippen molar-refractivity contribution in [2.75, 3.05) is 7.11 Å². The second-order valence-corrected chi connectivity index (χ2v) is 4.26. The molecule has 1 fully saturated rings. The lowest BCUT2D eigenvalue weighted by molar-refractivity contribution is -0.110. The molecule has 2 rings (SSSR count). The summed E-state index contributed by atoms with van der Waals surface area (Å²) in [5.74, 6) is 1.47. The highest BCUT2D eigenvalue weighted by molar-refractivity contribution is 5.47. The van der Waals surface area contributed by atoms with Gasteiger partial charge in [0.15, 0.2) is 0 Å². The van der Waals surface area contributed by atoms with E-state index >= 15 is 0 Å². The van der Waals surface area contributed by atoms with Gasteiger partial charge in [-0.05, 0) is 42.9 Å². The Balaban J connectivity index is 2.00. The van der Waals surface area contributed by atoms with E-state index in [0.717, 1.165) is 31.4 Å². The molecule has 1 aromatic rings. The Kier molecular flexibility index (Phi) is 3.44. The highest BCUT2D eigenvalue weighted by atomic mass is 16.5. The van der Waals surface area contributed by atoms with Gasteiger partial charge in [-0.3, -0.25) is 4.79 Å². The molecule has 1 aromatic carbocycles.